The molecule has 0 saturated heterocycles. The fourth-order valence-corrected chi connectivity index (χ4v) is 2.59. The van der Waals surface area contributed by atoms with Gasteiger partial charge in [0, 0.05) is 17.3 Å². The van der Waals surface area contributed by atoms with Gasteiger partial charge in [-0.2, -0.15) is 0 Å². The van der Waals surface area contributed by atoms with Gasteiger partial charge in [-0.3, -0.25) is 4.98 Å². The summed E-state index contributed by atoms with van der Waals surface area (Å²) in [6.07, 6.45) is 1.25. The molecule has 2 aromatic rings. The number of nitrogens with zero attached hydrogens (tertiary/aromatic N) is 1. The Labute approximate surface area is 109 Å². The van der Waals surface area contributed by atoms with Crippen molar-refractivity contribution in [2.45, 2.75) is 38.0 Å². The molecule has 1 nitrogen and oxygen atoms in total. The Morgan fingerprint density at radius 2 is 1.72 bits per heavy atom. The lowest BCUT2D eigenvalue weighted by Crippen LogP contribution is -1.96. The van der Waals surface area contributed by atoms with Crippen LogP contribution in [0, 0.1) is 0 Å². The molecule has 1 aromatic heterocycles. The first-order valence-electron chi connectivity index (χ1n) is 6.77. The second kappa shape index (κ2) is 4.56. The summed E-state index contributed by atoms with van der Waals surface area (Å²) >= 11 is 0. The van der Waals surface area contributed by atoms with Crippen molar-refractivity contribution in [3.05, 3.63) is 65.5 Å². The topological polar surface area (TPSA) is 12.9 Å². The summed E-state index contributed by atoms with van der Waals surface area (Å²) in [6, 6.07) is 17.3. The van der Waals surface area contributed by atoms with Crippen LogP contribution in [0.4, 0.5) is 0 Å². The SMILES string of the molecule is CC(C)c1cccc([C@@H]2C[C@H]2c2ccccc2)n1. The number of rotatable bonds is 3. The quantitative estimate of drug-likeness (QED) is 0.767. The van der Waals surface area contributed by atoms with E-state index in [9.17, 15) is 0 Å². The first-order valence-corrected chi connectivity index (χ1v) is 6.77. The van der Waals surface area contributed by atoms with Crippen molar-refractivity contribution >= 4 is 0 Å². The maximum absolute atomic E-state index is 4.81. The number of pyridine rings is 1. The summed E-state index contributed by atoms with van der Waals surface area (Å²) in [5.74, 6) is 1.83. The summed E-state index contributed by atoms with van der Waals surface area (Å²) in [6.45, 7) is 4.40. The fourth-order valence-electron chi connectivity index (χ4n) is 2.59. The lowest BCUT2D eigenvalue weighted by molar-refractivity contribution is 0.801. The van der Waals surface area contributed by atoms with Gasteiger partial charge >= 0.3 is 0 Å². The van der Waals surface area contributed by atoms with E-state index >= 15 is 0 Å². The number of hydrogen-bond acceptors (Lipinski definition) is 1. The second-order valence-electron chi connectivity index (χ2n) is 5.50. The van der Waals surface area contributed by atoms with Crippen molar-refractivity contribution in [1.29, 1.82) is 0 Å². The molecule has 0 N–H and O–H groups in total. The average molecular weight is 237 g/mol. The molecule has 1 heterocycles. The summed E-state index contributed by atoms with van der Waals surface area (Å²) in [5, 5.41) is 0. The Balaban J connectivity index is 1.80. The van der Waals surface area contributed by atoms with Gasteiger partial charge in [0.2, 0.25) is 0 Å². The molecule has 1 aliphatic rings. The van der Waals surface area contributed by atoms with Crippen LogP contribution in [0.25, 0.3) is 0 Å². The highest BCUT2D eigenvalue weighted by molar-refractivity contribution is 5.33. The van der Waals surface area contributed by atoms with Crippen LogP contribution < -0.4 is 0 Å². The highest BCUT2D eigenvalue weighted by Gasteiger charge is 2.40. The molecule has 1 heteroatoms. The Hall–Kier alpha value is -1.63. The molecule has 1 fully saturated rings. The zero-order chi connectivity index (χ0) is 12.5. The van der Waals surface area contributed by atoms with E-state index in [1.807, 2.05) is 0 Å². The van der Waals surface area contributed by atoms with Gasteiger partial charge in [0.05, 0.1) is 0 Å². The fraction of sp³-hybridized carbons (Fsp3) is 0.353. The van der Waals surface area contributed by atoms with Crippen LogP contribution in [0.3, 0.4) is 0 Å². The molecule has 18 heavy (non-hydrogen) atoms. The van der Waals surface area contributed by atoms with Gasteiger partial charge in [-0.05, 0) is 36.0 Å². The molecule has 2 atom stereocenters. The lowest BCUT2D eigenvalue weighted by Gasteiger charge is -2.07. The van der Waals surface area contributed by atoms with E-state index in [4.69, 9.17) is 4.98 Å². The molecule has 0 aliphatic heterocycles. The standard InChI is InChI=1S/C17H19N/c1-12(2)16-9-6-10-17(18-16)15-11-14(15)13-7-4-3-5-8-13/h3-10,12,14-15H,11H2,1-2H3/t14-,15+/m0/s1. The van der Waals surface area contributed by atoms with E-state index < -0.39 is 0 Å². The Kier molecular flexibility index (Phi) is 2.91. The molecule has 1 aromatic carbocycles. The minimum Gasteiger partial charge on any atom is -0.257 e. The van der Waals surface area contributed by atoms with Gasteiger partial charge in [0.1, 0.15) is 0 Å². The zero-order valence-corrected chi connectivity index (χ0v) is 11.0. The first kappa shape index (κ1) is 11.5. The minimum absolute atomic E-state index is 0.513. The van der Waals surface area contributed by atoms with Crippen molar-refractivity contribution < 1.29 is 0 Å². The maximum atomic E-state index is 4.81. The van der Waals surface area contributed by atoms with Crippen molar-refractivity contribution in [2.75, 3.05) is 0 Å². The van der Waals surface area contributed by atoms with E-state index in [2.05, 4.69) is 62.4 Å². The van der Waals surface area contributed by atoms with Crippen LogP contribution in [0.15, 0.2) is 48.5 Å². The Morgan fingerprint density at radius 1 is 0.944 bits per heavy atom. The van der Waals surface area contributed by atoms with Crippen molar-refractivity contribution in [1.82, 2.24) is 4.98 Å². The van der Waals surface area contributed by atoms with Crippen molar-refractivity contribution in [2.24, 2.45) is 0 Å². The number of benzene rings is 1. The van der Waals surface area contributed by atoms with Gasteiger partial charge in [0.15, 0.2) is 0 Å². The molecular weight excluding hydrogens is 218 g/mol. The van der Waals surface area contributed by atoms with Crippen LogP contribution in [-0.4, -0.2) is 4.98 Å². The van der Waals surface area contributed by atoms with E-state index in [-0.39, 0.29) is 0 Å². The van der Waals surface area contributed by atoms with E-state index in [1.165, 1.54) is 23.4 Å². The van der Waals surface area contributed by atoms with Gasteiger partial charge in [-0.15, -0.1) is 0 Å². The Morgan fingerprint density at radius 3 is 2.44 bits per heavy atom. The second-order valence-corrected chi connectivity index (χ2v) is 5.50. The van der Waals surface area contributed by atoms with E-state index in [1.54, 1.807) is 0 Å². The highest BCUT2D eigenvalue weighted by atomic mass is 14.7. The van der Waals surface area contributed by atoms with Gasteiger partial charge in [-0.25, -0.2) is 0 Å². The minimum atomic E-state index is 0.513. The van der Waals surface area contributed by atoms with Gasteiger partial charge in [0.25, 0.3) is 0 Å². The molecule has 1 aliphatic carbocycles. The largest absolute Gasteiger partial charge is 0.257 e. The summed E-state index contributed by atoms with van der Waals surface area (Å²) < 4.78 is 0. The lowest BCUT2D eigenvalue weighted by atomic mass is 10.1. The third kappa shape index (κ3) is 2.17. The third-order valence-corrected chi connectivity index (χ3v) is 3.78. The van der Waals surface area contributed by atoms with Gasteiger partial charge < -0.3 is 0 Å². The van der Waals surface area contributed by atoms with E-state index in [0.717, 1.165) is 0 Å². The molecule has 1 saturated carbocycles. The molecule has 0 radical (unpaired) electrons. The van der Waals surface area contributed by atoms with Crippen molar-refractivity contribution in [3.63, 3.8) is 0 Å². The Bertz CT molecular complexity index is 530. The molecule has 0 spiro atoms. The number of aromatic nitrogens is 1. The van der Waals surface area contributed by atoms with Crippen LogP contribution in [0.2, 0.25) is 0 Å². The first-order chi connectivity index (χ1) is 8.75. The molecule has 0 unspecified atom stereocenters. The number of hydrogen-bond donors (Lipinski definition) is 0. The zero-order valence-electron chi connectivity index (χ0n) is 11.0. The molecule has 0 amide bonds. The van der Waals surface area contributed by atoms with Crippen molar-refractivity contribution in [3.8, 4) is 0 Å². The molecule has 0 bridgehead atoms. The maximum Gasteiger partial charge on any atom is 0.0444 e. The summed E-state index contributed by atoms with van der Waals surface area (Å²) in [7, 11) is 0. The predicted molar refractivity (Wildman–Crippen MR) is 74.9 cm³/mol. The van der Waals surface area contributed by atoms with E-state index in [0.29, 0.717) is 17.8 Å². The average Bonchev–Trinajstić information content (AvgIpc) is 3.20. The normalized spacial score (nSPS) is 22.2. The molecule has 3 rings (SSSR count). The monoisotopic (exact) mass is 237 g/mol. The third-order valence-electron chi connectivity index (χ3n) is 3.78. The summed E-state index contributed by atoms with van der Waals surface area (Å²) in [5.41, 5.74) is 3.94. The molecule has 92 valence electrons. The van der Waals surface area contributed by atoms with Gasteiger partial charge in [-0.1, -0.05) is 50.2 Å². The van der Waals surface area contributed by atoms with Crippen LogP contribution in [-0.2, 0) is 0 Å². The van der Waals surface area contributed by atoms with Crippen LogP contribution in [0.1, 0.15) is 55.0 Å². The summed E-state index contributed by atoms with van der Waals surface area (Å²) in [4.78, 5) is 4.81. The predicted octanol–water partition coefficient (Wildman–Crippen LogP) is 4.48. The smallest absolute Gasteiger partial charge is 0.0444 e. The van der Waals surface area contributed by atoms with Crippen LogP contribution in [0.5, 0.6) is 0 Å². The molecular formula is C17H19N. The highest BCUT2D eigenvalue weighted by Crippen LogP contribution is 2.53. The van der Waals surface area contributed by atoms with Crippen LogP contribution >= 0.6 is 0 Å².